The Labute approximate surface area is 114 Å². The number of hydrogen-bond donors (Lipinski definition) is 1. The van der Waals surface area contributed by atoms with E-state index in [-0.39, 0.29) is 23.9 Å². The molecule has 1 saturated heterocycles. The van der Waals surface area contributed by atoms with Gasteiger partial charge in [-0.3, -0.25) is 9.69 Å². The fourth-order valence-electron chi connectivity index (χ4n) is 2.53. The normalized spacial score (nSPS) is 22.6. The lowest BCUT2D eigenvalue weighted by Gasteiger charge is -2.43. The van der Waals surface area contributed by atoms with E-state index in [1.54, 1.807) is 0 Å². The maximum atomic E-state index is 12.1. The molecule has 1 aliphatic rings. The van der Waals surface area contributed by atoms with Gasteiger partial charge in [0.2, 0.25) is 5.91 Å². The molecule has 1 heterocycles. The molecule has 4 nitrogen and oxygen atoms in total. The number of benzene rings is 1. The minimum Gasteiger partial charge on any atom is -0.349 e. The second kappa shape index (κ2) is 5.41. The summed E-state index contributed by atoms with van der Waals surface area (Å²) in [6, 6.07) is 11.8. The first-order chi connectivity index (χ1) is 9.02. The molecule has 4 heteroatoms. The van der Waals surface area contributed by atoms with Gasteiger partial charge in [-0.2, -0.15) is 5.26 Å². The largest absolute Gasteiger partial charge is 0.349 e. The van der Waals surface area contributed by atoms with Crippen molar-refractivity contribution in [3.05, 3.63) is 35.9 Å². The number of rotatable bonds is 3. The third-order valence-electron chi connectivity index (χ3n) is 3.32. The maximum absolute atomic E-state index is 12.1. The molecule has 0 aliphatic carbocycles. The van der Waals surface area contributed by atoms with E-state index in [2.05, 4.69) is 16.3 Å². The highest BCUT2D eigenvalue weighted by Gasteiger charge is 2.38. The van der Waals surface area contributed by atoms with Crippen molar-refractivity contribution in [3.63, 3.8) is 0 Å². The van der Waals surface area contributed by atoms with Gasteiger partial charge in [0.15, 0.2) is 0 Å². The summed E-state index contributed by atoms with van der Waals surface area (Å²) in [6.07, 6.45) is 0.231. The number of hydrogen-bond acceptors (Lipinski definition) is 3. The lowest BCUT2D eigenvalue weighted by atomic mass is 9.96. The summed E-state index contributed by atoms with van der Waals surface area (Å²) in [5.41, 5.74) is 0.911. The Morgan fingerprint density at radius 3 is 2.74 bits per heavy atom. The smallest absolute Gasteiger partial charge is 0.238 e. The van der Waals surface area contributed by atoms with Crippen molar-refractivity contribution in [2.75, 3.05) is 6.54 Å². The SMILES string of the molecule is CC1(C)CN(Cc2ccccc2)C(CC#N)C(=O)N1. The second-order valence-corrected chi connectivity index (χ2v) is 5.64. The van der Waals surface area contributed by atoms with Crippen molar-refractivity contribution >= 4 is 5.91 Å². The van der Waals surface area contributed by atoms with Crippen LogP contribution < -0.4 is 5.32 Å². The highest BCUT2D eigenvalue weighted by molar-refractivity contribution is 5.83. The predicted octanol–water partition coefficient (Wildman–Crippen LogP) is 1.68. The molecule has 1 aliphatic heterocycles. The zero-order chi connectivity index (χ0) is 13.9. The Bertz CT molecular complexity index is 490. The summed E-state index contributed by atoms with van der Waals surface area (Å²) >= 11 is 0. The summed E-state index contributed by atoms with van der Waals surface area (Å²) in [5, 5.41) is 11.9. The van der Waals surface area contributed by atoms with Crippen LogP contribution in [0.3, 0.4) is 0 Å². The van der Waals surface area contributed by atoms with Gasteiger partial charge in [0.05, 0.1) is 12.5 Å². The number of carbonyl (C=O) groups excluding carboxylic acids is 1. The second-order valence-electron chi connectivity index (χ2n) is 5.64. The Morgan fingerprint density at radius 1 is 1.42 bits per heavy atom. The van der Waals surface area contributed by atoms with Crippen molar-refractivity contribution in [2.24, 2.45) is 0 Å². The molecule has 0 radical (unpaired) electrons. The molecule has 1 amide bonds. The van der Waals surface area contributed by atoms with Crippen LogP contribution in [0.15, 0.2) is 30.3 Å². The monoisotopic (exact) mass is 257 g/mol. The zero-order valence-corrected chi connectivity index (χ0v) is 11.4. The van der Waals surface area contributed by atoms with E-state index in [0.29, 0.717) is 6.54 Å². The van der Waals surface area contributed by atoms with Gasteiger partial charge in [-0.1, -0.05) is 30.3 Å². The number of piperazine rings is 1. The molecule has 1 aromatic rings. The van der Waals surface area contributed by atoms with Crippen LogP contribution in [0.2, 0.25) is 0 Å². The van der Waals surface area contributed by atoms with Crippen molar-refractivity contribution in [1.29, 1.82) is 5.26 Å². The minimum atomic E-state index is -0.349. The molecule has 1 unspecified atom stereocenters. The molecule has 1 atom stereocenters. The Hall–Kier alpha value is -1.86. The number of carbonyl (C=O) groups is 1. The van der Waals surface area contributed by atoms with Crippen molar-refractivity contribution in [1.82, 2.24) is 10.2 Å². The van der Waals surface area contributed by atoms with Crippen molar-refractivity contribution in [2.45, 2.75) is 38.4 Å². The van der Waals surface area contributed by atoms with Gasteiger partial charge in [0.25, 0.3) is 0 Å². The molecule has 1 N–H and O–H groups in total. The van der Waals surface area contributed by atoms with Gasteiger partial charge >= 0.3 is 0 Å². The molecule has 1 aromatic carbocycles. The van der Waals surface area contributed by atoms with Gasteiger partial charge in [-0.05, 0) is 19.4 Å². The summed E-state index contributed by atoms with van der Waals surface area (Å²) in [7, 11) is 0. The van der Waals surface area contributed by atoms with E-state index in [1.807, 2.05) is 44.2 Å². The molecule has 0 saturated carbocycles. The fraction of sp³-hybridized carbons (Fsp3) is 0.467. The Morgan fingerprint density at radius 2 is 2.11 bits per heavy atom. The average Bonchev–Trinajstić information content (AvgIpc) is 2.34. The number of amides is 1. The average molecular weight is 257 g/mol. The summed E-state index contributed by atoms with van der Waals surface area (Å²) in [6.45, 7) is 5.46. The highest BCUT2D eigenvalue weighted by atomic mass is 16.2. The van der Waals surface area contributed by atoms with Crippen LogP contribution in [0.25, 0.3) is 0 Å². The van der Waals surface area contributed by atoms with Gasteiger partial charge in [-0.25, -0.2) is 0 Å². The number of nitrogens with one attached hydrogen (secondary N) is 1. The Kier molecular flexibility index (Phi) is 3.87. The number of nitriles is 1. The predicted molar refractivity (Wildman–Crippen MR) is 73.1 cm³/mol. The van der Waals surface area contributed by atoms with Gasteiger partial charge in [0.1, 0.15) is 6.04 Å². The molecule has 1 fully saturated rings. The summed E-state index contributed by atoms with van der Waals surface area (Å²) in [5.74, 6) is -0.0475. The van der Waals surface area contributed by atoms with E-state index in [9.17, 15) is 4.79 Å². The van der Waals surface area contributed by atoms with Crippen LogP contribution >= 0.6 is 0 Å². The standard InChI is InChI=1S/C15H19N3O/c1-15(2)11-18(10-12-6-4-3-5-7-12)13(8-9-16)14(19)17-15/h3-7,13H,8,10-11H2,1-2H3,(H,17,19). The molecule has 2 rings (SSSR count). The van der Waals surface area contributed by atoms with Gasteiger partial charge in [0, 0.05) is 18.6 Å². The fourth-order valence-corrected chi connectivity index (χ4v) is 2.53. The molecule has 19 heavy (non-hydrogen) atoms. The van der Waals surface area contributed by atoms with E-state index in [1.165, 1.54) is 0 Å². The maximum Gasteiger partial charge on any atom is 0.238 e. The third kappa shape index (κ3) is 3.33. The van der Waals surface area contributed by atoms with E-state index in [0.717, 1.165) is 12.1 Å². The first-order valence-electron chi connectivity index (χ1n) is 6.49. The van der Waals surface area contributed by atoms with Crippen molar-refractivity contribution < 1.29 is 4.79 Å². The first-order valence-corrected chi connectivity index (χ1v) is 6.49. The molecular weight excluding hydrogens is 238 g/mol. The van der Waals surface area contributed by atoms with Gasteiger partial charge < -0.3 is 5.32 Å². The molecule has 0 bridgehead atoms. The first kappa shape index (κ1) is 13.6. The molecule has 0 spiro atoms. The molecule has 100 valence electrons. The molecular formula is C15H19N3O. The van der Waals surface area contributed by atoms with Crippen molar-refractivity contribution in [3.8, 4) is 6.07 Å². The van der Waals surface area contributed by atoms with E-state index >= 15 is 0 Å². The van der Waals surface area contributed by atoms with Crippen LogP contribution in [0.5, 0.6) is 0 Å². The quantitative estimate of drug-likeness (QED) is 0.896. The summed E-state index contributed by atoms with van der Waals surface area (Å²) < 4.78 is 0. The number of nitrogens with zero attached hydrogens (tertiary/aromatic N) is 2. The Balaban J connectivity index is 2.18. The minimum absolute atomic E-state index is 0.0475. The summed E-state index contributed by atoms with van der Waals surface area (Å²) in [4.78, 5) is 14.2. The third-order valence-corrected chi connectivity index (χ3v) is 3.32. The highest BCUT2D eigenvalue weighted by Crippen LogP contribution is 2.20. The zero-order valence-electron chi connectivity index (χ0n) is 11.4. The lowest BCUT2D eigenvalue weighted by molar-refractivity contribution is -0.133. The lowest BCUT2D eigenvalue weighted by Crippen LogP contribution is -2.64. The van der Waals surface area contributed by atoms with Crippen LogP contribution in [0, 0.1) is 11.3 Å². The van der Waals surface area contributed by atoms with Crippen LogP contribution in [0.4, 0.5) is 0 Å². The topological polar surface area (TPSA) is 56.1 Å². The van der Waals surface area contributed by atoms with Gasteiger partial charge in [-0.15, -0.1) is 0 Å². The van der Waals surface area contributed by atoms with E-state index < -0.39 is 0 Å². The van der Waals surface area contributed by atoms with Crippen LogP contribution in [-0.2, 0) is 11.3 Å². The van der Waals surface area contributed by atoms with Crippen LogP contribution in [-0.4, -0.2) is 28.9 Å². The molecule has 0 aromatic heterocycles. The van der Waals surface area contributed by atoms with E-state index in [4.69, 9.17) is 5.26 Å². The van der Waals surface area contributed by atoms with Crippen LogP contribution in [0.1, 0.15) is 25.8 Å².